The molecular formula is C18H22N2. The second-order valence-electron chi connectivity index (χ2n) is 5.16. The molecular weight excluding hydrogens is 244 g/mol. The fraction of sp³-hybridized carbons (Fsp3) is 0.278. The van der Waals surface area contributed by atoms with Gasteiger partial charge in [-0.15, -0.1) is 0 Å². The lowest BCUT2D eigenvalue weighted by atomic mass is 9.90. The molecule has 2 aromatic carbocycles. The number of rotatable bonds is 4. The third-order valence-electron chi connectivity index (χ3n) is 3.22. The highest BCUT2D eigenvalue weighted by atomic mass is 15.0. The van der Waals surface area contributed by atoms with E-state index in [4.69, 9.17) is 0 Å². The van der Waals surface area contributed by atoms with E-state index in [1.807, 2.05) is 19.2 Å². The Balaban J connectivity index is 2.45. The zero-order valence-corrected chi connectivity index (χ0v) is 12.4. The van der Waals surface area contributed by atoms with Crippen molar-refractivity contribution in [1.29, 1.82) is 0 Å². The Kier molecular flexibility index (Phi) is 4.94. The van der Waals surface area contributed by atoms with Gasteiger partial charge in [-0.3, -0.25) is 4.99 Å². The molecule has 0 atom stereocenters. The minimum absolute atomic E-state index is 0.157. The predicted octanol–water partition coefficient (Wildman–Crippen LogP) is 3.84. The van der Waals surface area contributed by atoms with Crippen LogP contribution in [0, 0.1) is 0 Å². The summed E-state index contributed by atoms with van der Waals surface area (Å²) in [6.07, 6.45) is 0. The molecule has 0 heterocycles. The summed E-state index contributed by atoms with van der Waals surface area (Å²) in [5, 5.41) is 3.48. The van der Waals surface area contributed by atoms with E-state index in [1.165, 1.54) is 11.1 Å². The smallest absolute Gasteiger partial charge is 0.108 e. The van der Waals surface area contributed by atoms with Crippen LogP contribution < -0.4 is 5.32 Å². The van der Waals surface area contributed by atoms with Crippen LogP contribution in [-0.4, -0.2) is 18.9 Å². The summed E-state index contributed by atoms with van der Waals surface area (Å²) < 4.78 is 0. The summed E-state index contributed by atoms with van der Waals surface area (Å²) in [5.41, 5.74) is 2.51. The zero-order valence-electron chi connectivity index (χ0n) is 12.4. The molecule has 0 bridgehead atoms. The Morgan fingerprint density at radius 2 is 1.30 bits per heavy atom. The first-order valence-corrected chi connectivity index (χ1v) is 7.05. The number of hydrogen-bond donors (Lipinski definition) is 1. The third-order valence-corrected chi connectivity index (χ3v) is 3.22. The molecule has 0 aromatic heterocycles. The lowest BCUT2D eigenvalue weighted by molar-refractivity contribution is 0.714. The second-order valence-corrected chi connectivity index (χ2v) is 5.16. The molecule has 0 aliphatic rings. The van der Waals surface area contributed by atoms with Gasteiger partial charge in [0, 0.05) is 13.1 Å². The van der Waals surface area contributed by atoms with Gasteiger partial charge in [0.05, 0.1) is 5.92 Å². The van der Waals surface area contributed by atoms with E-state index in [0.29, 0.717) is 6.04 Å². The van der Waals surface area contributed by atoms with Gasteiger partial charge in [0.15, 0.2) is 0 Å². The van der Waals surface area contributed by atoms with Crippen LogP contribution in [0.25, 0.3) is 0 Å². The van der Waals surface area contributed by atoms with E-state index in [-0.39, 0.29) is 5.92 Å². The first kappa shape index (κ1) is 14.3. The highest BCUT2D eigenvalue weighted by Gasteiger charge is 2.20. The largest absolute Gasteiger partial charge is 0.371 e. The van der Waals surface area contributed by atoms with Crippen molar-refractivity contribution in [3.63, 3.8) is 0 Å². The fourth-order valence-corrected chi connectivity index (χ4v) is 2.37. The fourth-order valence-electron chi connectivity index (χ4n) is 2.37. The highest BCUT2D eigenvalue weighted by Crippen LogP contribution is 2.25. The van der Waals surface area contributed by atoms with Crippen LogP contribution in [0.1, 0.15) is 30.9 Å². The average molecular weight is 266 g/mol. The molecule has 0 amide bonds. The quantitative estimate of drug-likeness (QED) is 0.660. The van der Waals surface area contributed by atoms with Gasteiger partial charge in [-0.2, -0.15) is 0 Å². The maximum Gasteiger partial charge on any atom is 0.108 e. The Bertz CT molecular complexity index is 505. The van der Waals surface area contributed by atoms with E-state index < -0.39 is 0 Å². The summed E-state index contributed by atoms with van der Waals surface area (Å²) in [4.78, 5) is 4.49. The van der Waals surface area contributed by atoms with Gasteiger partial charge in [0.1, 0.15) is 5.84 Å². The maximum absolute atomic E-state index is 4.49. The van der Waals surface area contributed by atoms with E-state index in [1.54, 1.807) is 0 Å². The summed E-state index contributed by atoms with van der Waals surface area (Å²) in [6.45, 7) is 4.27. The van der Waals surface area contributed by atoms with E-state index >= 15 is 0 Å². The Morgan fingerprint density at radius 1 is 0.850 bits per heavy atom. The van der Waals surface area contributed by atoms with Crippen molar-refractivity contribution in [2.75, 3.05) is 7.05 Å². The van der Waals surface area contributed by atoms with Crippen molar-refractivity contribution in [3.05, 3.63) is 71.8 Å². The average Bonchev–Trinajstić information content (AvgIpc) is 2.48. The Morgan fingerprint density at radius 3 is 1.65 bits per heavy atom. The van der Waals surface area contributed by atoms with Gasteiger partial charge in [-0.25, -0.2) is 0 Å². The first-order chi connectivity index (χ1) is 9.72. The van der Waals surface area contributed by atoms with Gasteiger partial charge in [-0.1, -0.05) is 60.7 Å². The molecule has 2 rings (SSSR count). The molecule has 0 aliphatic heterocycles. The van der Waals surface area contributed by atoms with E-state index in [2.05, 4.69) is 72.7 Å². The zero-order chi connectivity index (χ0) is 14.4. The van der Waals surface area contributed by atoms with Crippen molar-refractivity contribution in [1.82, 2.24) is 5.32 Å². The monoisotopic (exact) mass is 266 g/mol. The SMILES string of the molecule is CN=C(NC(C)C)C(c1ccccc1)c1ccccc1. The van der Waals surface area contributed by atoms with Gasteiger partial charge in [0.25, 0.3) is 0 Å². The van der Waals surface area contributed by atoms with Gasteiger partial charge >= 0.3 is 0 Å². The number of aliphatic imine (C=N–C) groups is 1. The maximum atomic E-state index is 4.49. The van der Waals surface area contributed by atoms with Crippen LogP contribution in [0.15, 0.2) is 65.7 Å². The number of amidine groups is 1. The van der Waals surface area contributed by atoms with Crippen LogP contribution in [0.5, 0.6) is 0 Å². The van der Waals surface area contributed by atoms with Gasteiger partial charge in [0.2, 0.25) is 0 Å². The summed E-state index contributed by atoms with van der Waals surface area (Å²) in [7, 11) is 1.85. The van der Waals surface area contributed by atoms with Crippen molar-refractivity contribution >= 4 is 5.84 Å². The lowest BCUT2D eigenvalue weighted by Crippen LogP contribution is -2.35. The van der Waals surface area contributed by atoms with E-state index in [9.17, 15) is 0 Å². The molecule has 0 saturated carbocycles. The second kappa shape index (κ2) is 6.90. The summed E-state index contributed by atoms with van der Waals surface area (Å²) in [5.74, 6) is 1.17. The van der Waals surface area contributed by atoms with Crippen molar-refractivity contribution in [2.24, 2.45) is 4.99 Å². The Hall–Kier alpha value is -2.09. The molecule has 0 aliphatic carbocycles. The summed E-state index contributed by atoms with van der Waals surface area (Å²) >= 11 is 0. The van der Waals surface area contributed by atoms with Crippen LogP contribution in [0.2, 0.25) is 0 Å². The molecule has 0 saturated heterocycles. The predicted molar refractivity (Wildman–Crippen MR) is 86.4 cm³/mol. The molecule has 0 spiro atoms. The standard InChI is InChI=1S/C18H22N2/c1-14(2)20-18(19-3)17(15-10-6-4-7-11-15)16-12-8-5-9-13-16/h4-14,17H,1-3H3,(H,19,20). The number of nitrogens with zero attached hydrogens (tertiary/aromatic N) is 1. The lowest BCUT2D eigenvalue weighted by Gasteiger charge is -2.23. The minimum Gasteiger partial charge on any atom is -0.371 e. The molecule has 0 radical (unpaired) electrons. The van der Waals surface area contributed by atoms with E-state index in [0.717, 1.165) is 5.84 Å². The Labute approximate surface area is 121 Å². The minimum atomic E-state index is 0.157. The third kappa shape index (κ3) is 3.47. The van der Waals surface area contributed by atoms with Crippen molar-refractivity contribution < 1.29 is 0 Å². The first-order valence-electron chi connectivity index (χ1n) is 7.05. The number of hydrogen-bond acceptors (Lipinski definition) is 1. The number of nitrogens with one attached hydrogen (secondary N) is 1. The molecule has 2 heteroatoms. The molecule has 2 nitrogen and oxygen atoms in total. The van der Waals surface area contributed by atoms with Crippen molar-refractivity contribution in [3.8, 4) is 0 Å². The van der Waals surface area contributed by atoms with Gasteiger partial charge in [-0.05, 0) is 25.0 Å². The van der Waals surface area contributed by atoms with Gasteiger partial charge < -0.3 is 5.32 Å². The molecule has 1 N–H and O–H groups in total. The molecule has 104 valence electrons. The molecule has 0 fully saturated rings. The number of benzene rings is 2. The normalized spacial score (nSPS) is 11.9. The van der Waals surface area contributed by atoms with Crippen LogP contribution in [-0.2, 0) is 0 Å². The highest BCUT2D eigenvalue weighted by molar-refractivity contribution is 5.92. The van der Waals surface area contributed by atoms with Crippen LogP contribution in [0.3, 0.4) is 0 Å². The van der Waals surface area contributed by atoms with Crippen molar-refractivity contribution in [2.45, 2.75) is 25.8 Å². The summed E-state index contributed by atoms with van der Waals surface area (Å²) in [6, 6.07) is 21.4. The molecule has 20 heavy (non-hydrogen) atoms. The molecule has 0 unspecified atom stereocenters. The molecule has 2 aromatic rings. The van der Waals surface area contributed by atoms with Crippen LogP contribution >= 0.6 is 0 Å². The topological polar surface area (TPSA) is 24.4 Å². The van der Waals surface area contributed by atoms with Crippen LogP contribution in [0.4, 0.5) is 0 Å².